The Bertz CT molecular complexity index is 623. The zero-order valence-corrected chi connectivity index (χ0v) is 12.6. The smallest absolute Gasteiger partial charge is 0.334 e. The largest absolute Gasteiger partial charge is 0.511 e. The summed E-state index contributed by atoms with van der Waals surface area (Å²) in [6.45, 7) is -2.72. The van der Waals surface area contributed by atoms with Gasteiger partial charge in [-0.3, -0.25) is 9.59 Å². The van der Waals surface area contributed by atoms with Crippen LogP contribution in [0.5, 0.6) is 0 Å². The van der Waals surface area contributed by atoms with Gasteiger partial charge in [0, 0.05) is 0 Å². The number of sulfonamides is 2. The monoisotopic (exact) mass is 410 g/mol. The highest BCUT2D eigenvalue weighted by Crippen LogP contribution is 2.21. The number of alkyl halides is 6. The first-order valence-electron chi connectivity index (χ1n) is 5.19. The summed E-state index contributed by atoms with van der Waals surface area (Å²) in [5, 5.41) is 2.70. The van der Waals surface area contributed by atoms with Gasteiger partial charge in [-0.05, 0) is 0 Å². The highest BCUT2D eigenvalue weighted by Gasteiger charge is 2.46. The van der Waals surface area contributed by atoms with Gasteiger partial charge in [0.1, 0.15) is 0 Å². The summed E-state index contributed by atoms with van der Waals surface area (Å²) in [5.41, 5.74) is -11.3. The Morgan fingerprint density at radius 3 is 1.12 bits per heavy atom. The van der Waals surface area contributed by atoms with Crippen molar-refractivity contribution in [2.75, 3.05) is 13.3 Å². The molecule has 0 aromatic rings. The molecule has 0 aromatic carbocycles. The Morgan fingerprint density at radius 2 is 0.917 bits per heavy atom. The molecule has 18 heteroatoms. The third-order valence-electron chi connectivity index (χ3n) is 1.84. The number of carbonyl (C=O) groups is 2. The van der Waals surface area contributed by atoms with Crippen LogP contribution >= 0.6 is 0 Å². The minimum atomic E-state index is -5.78. The van der Waals surface area contributed by atoms with E-state index < -0.39 is 56.2 Å². The van der Waals surface area contributed by atoms with Crippen LogP contribution in [0.3, 0.4) is 0 Å². The summed E-state index contributed by atoms with van der Waals surface area (Å²) in [5.74, 6) is -3.49. The van der Waals surface area contributed by atoms with Crippen molar-refractivity contribution in [3.63, 3.8) is 0 Å². The van der Waals surface area contributed by atoms with Crippen LogP contribution in [-0.2, 0) is 29.6 Å². The third kappa shape index (κ3) is 6.45. The molecule has 0 heterocycles. The van der Waals surface area contributed by atoms with Crippen LogP contribution in [0.15, 0.2) is 0 Å². The zero-order chi connectivity index (χ0) is 19.4. The Labute approximate surface area is 130 Å². The fraction of sp³-hybridized carbons (Fsp3) is 0.667. The lowest BCUT2D eigenvalue weighted by molar-refractivity contribution is -0.139. The van der Waals surface area contributed by atoms with Gasteiger partial charge in [-0.1, -0.05) is 0 Å². The molecule has 0 aliphatic rings. The lowest BCUT2D eigenvalue weighted by atomic mass is 10.5. The van der Waals surface area contributed by atoms with Gasteiger partial charge in [-0.15, -0.1) is 0 Å². The van der Waals surface area contributed by atoms with Crippen molar-refractivity contribution < 1.29 is 52.8 Å². The Morgan fingerprint density at radius 1 is 0.667 bits per heavy atom. The van der Waals surface area contributed by atoms with E-state index in [0.29, 0.717) is 0 Å². The maximum atomic E-state index is 11.9. The van der Waals surface area contributed by atoms with Crippen LogP contribution in [0, 0.1) is 0 Å². The van der Waals surface area contributed by atoms with Crippen LogP contribution in [0.2, 0.25) is 0 Å². The van der Waals surface area contributed by atoms with Crippen LogP contribution in [0.25, 0.3) is 0 Å². The molecule has 0 aromatic heterocycles. The average molecular weight is 410 g/mol. The number of hydrogen-bond acceptors (Lipinski definition) is 6. The average Bonchev–Trinajstić information content (AvgIpc) is 2.35. The predicted molar refractivity (Wildman–Crippen MR) is 62.2 cm³/mol. The molecule has 0 unspecified atom stereocenters. The van der Waals surface area contributed by atoms with Crippen LogP contribution < -0.4 is 20.1 Å². The van der Waals surface area contributed by atoms with Crippen molar-refractivity contribution in [2.24, 2.45) is 0 Å². The van der Waals surface area contributed by atoms with Gasteiger partial charge in [0.15, 0.2) is 0 Å². The molecule has 0 saturated heterocycles. The standard InChI is InChI=1S/C6H8F6N4O6S2/c7-5(8,9)23(19,20)15-1-13-3(17)4(18)14-2-16-24(21,22)6(10,11)12/h15-16H,1-2H2,(H,13,17)(H,14,18). The second-order valence-electron chi connectivity index (χ2n) is 3.55. The Kier molecular flexibility index (Phi) is 6.97. The van der Waals surface area contributed by atoms with E-state index in [1.54, 1.807) is 0 Å². The molecule has 2 amide bonds. The minimum Gasteiger partial charge on any atom is -0.334 e. The molecular formula is C6H8F6N4O6S2. The van der Waals surface area contributed by atoms with E-state index in [-0.39, 0.29) is 0 Å². The molecule has 0 aliphatic carbocycles. The molecule has 0 aliphatic heterocycles. The van der Waals surface area contributed by atoms with Crippen molar-refractivity contribution in [1.82, 2.24) is 20.1 Å². The van der Waals surface area contributed by atoms with Crippen molar-refractivity contribution in [3.05, 3.63) is 0 Å². The summed E-state index contributed by atoms with van der Waals surface area (Å²) in [4.78, 5) is 22.0. The lowest BCUT2D eigenvalue weighted by Gasteiger charge is -2.11. The van der Waals surface area contributed by atoms with Gasteiger partial charge in [-0.2, -0.15) is 35.8 Å². The molecule has 0 saturated carbocycles. The van der Waals surface area contributed by atoms with Gasteiger partial charge >= 0.3 is 42.9 Å². The number of amides is 2. The van der Waals surface area contributed by atoms with E-state index in [1.165, 1.54) is 10.6 Å². The molecule has 0 atom stereocenters. The first-order valence-corrected chi connectivity index (χ1v) is 8.16. The highest BCUT2D eigenvalue weighted by molar-refractivity contribution is 7.90. The van der Waals surface area contributed by atoms with Crippen molar-refractivity contribution in [1.29, 1.82) is 0 Å². The van der Waals surface area contributed by atoms with Gasteiger partial charge in [0.25, 0.3) is 0 Å². The summed E-state index contributed by atoms with van der Waals surface area (Å²) >= 11 is 0. The molecule has 0 spiro atoms. The summed E-state index contributed by atoms with van der Waals surface area (Å²) < 4.78 is 115. The topological polar surface area (TPSA) is 151 Å². The van der Waals surface area contributed by atoms with Gasteiger partial charge in [-0.25, -0.2) is 16.8 Å². The van der Waals surface area contributed by atoms with E-state index >= 15 is 0 Å². The number of carbonyl (C=O) groups excluding carboxylic acids is 2. The molecule has 4 N–H and O–H groups in total. The first kappa shape index (κ1) is 22.3. The quantitative estimate of drug-likeness (QED) is 0.226. The molecule has 0 fully saturated rings. The zero-order valence-electron chi connectivity index (χ0n) is 10.9. The molecule has 10 nitrogen and oxygen atoms in total. The van der Waals surface area contributed by atoms with Crippen molar-refractivity contribution in [2.45, 2.75) is 11.0 Å². The Balaban J connectivity index is 4.35. The highest BCUT2D eigenvalue weighted by atomic mass is 32.2. The fourth-order valence-electron chi connectivity index (χ4n) is 0.747. The second-order valence-corrected chi connectivity index (χ2v) is 7.07. The van der Waals surface area contributed by atoms with Crippen LogP contribution in [0.1, 0.15) is 0 Å². The summed E-state index contributed by atoms with van der Waals surface area (Å²) in [6, 6.07) is 0. The van der Waals surface area contributed by atoms with Crippen molar-refractivity contribution in [3.8, 4) is 0 Å². The van der Waals surface area contributed by atoms with Gasteiger partial charge in [0.05, 0.1) is 13.3 Å². The van der Waals surface area contributed by atoms with E-state index in [2.05, 4.69) is 0 Å². The van der Waals surface area contributed by atoms with Crippen LogP contribution in [0.4, 0.5) is 26.3 Å². The third-order valence-corrected chi connectivity index (χ3v) is 4.11. The molecule has 0 radical (unpaired) electrons. The maximum Gasteiger partial charge on any atom is 0.511 e. The first-order chi connectivity index (χ1) is 10.5. The van der Waals surface area contributed by atoms with E-state index in [4.69, 9.17) is 0 Å². The minimum absolute atomic E-state index is 0.860. The maximum absolute atomic E-state index is 11.9. The fourth-order valence-corrected chi connectivity index (χ4v) is 1.60. The lowest BCUT2D eigenvalue weighted by Crippen LogP contribution is -2.49. The Hall–Kier alpha value is -1.66. The number of hydrogen-bond donors (Lipinski definition) is 4. The van der Waals surface area contributed by atoms with Gasteiger partial charge < -0.3 is 10.6 Å². The molecular weight excluding hydrogens is 402 g/mol. The number of rotatable bonds is 6. The van der Waals surface area contributed by atoms with E-state index in [1.807, 2.05) is 0 Å². The summed E-state index contributed by atoms with van der Waals surface area (Å²) in [7, 11) is -11.6. The SMILES string of the molecule is O=C(NCNS(=O)(=O)C(F)(F)F)C(=O)NCNS(=O)(=O)C(F)(F)F. The molecule has 24 heavy (non-hydrogen) atoms. The van der Waals surface area contributed by atoms with E-state index in [9.17, 15) is 52.8 Å². The normalized spacial score (nSPS) is 13.4. The van der Waals surface area contributed by atoms with Gasteiger partial charge in [0.2, 0.25) is 0 Å². The molecule has 0 bridgehead atoms. The van der Waals surface area contributed by atoms with Crippen molar-refractivity contribution >= 4 is 31.9 Å². The van der Waals surface area contributed by atoms with Crippen LogP contribution in [-0.4, -0.2) is 53.0 Å². The summed E-state index contributed by atoms with van der Waals surface area (Å²) in [6.07, 6.45) is 0. The predicted octanol–water partition coefficient (Wildman–Crippen LogP) is -1.99. The second kappa shape index (κ2) is 7.49. The number of halogens is 6. The van der Waals surface area contributed by atoms with E-state index in [0.717, 1.165) is 9.44 Å². The molecule has 0 rings (SSSR count). The number of nitrogens with one attached hydrogen (secondary N) is 4. The molecule has 142 valence electrons.